The molecule has 1 saturated heterocycles. The Morgan fingerprint density at radius 3 is 1.71 bits per heavy atom. The fourth-order valence-electron chi connectivity index (χ4n) is 2.07. The van der Waals surface area contributed by atoms with Crippen LogP contribution in [0.3, 0.4) is 0 Å². The topological polar surface area (TPSA) is 12.0 Å². The zero-order valence-corrected chi connectivity index (χ0v) is 13.8. The molecule has 1 aromatic rings. The van der Waals surface area contributed by atoms with Gasteiger partial charge in [-0.1, -0.05) is 18.6 Å². The number of aryl methyl sites for hydroxylation is 1. The summed E-state index contributed by atoms with van der Waals surface area (Å²) in [6.45, 7) is 8.18. The van der Waals surface area contributed by atoms with Gasteiger partial charge in [0.25, 0.3) is 0 Å². The van der Waals surface area contributed by atoms with Crippen LogP contribution in [0.5, 0.6) is 0 Å². The molecule has 136 valence electrons. The number of halogens is 6. The third-order valence-corrected chi connectivity index (χ3v) is 3.94. The molecule has 1 nitrogen and oxygen atoms in total. The predicted octanol–water partition coefficient (Wildman–Crippen LogP) is 5.46. The SMILES string of the molecule is C/C=C(/C)C1CNC1.CCc1cc(C(F)(F)F)cc(C(F)(F)F)c1. The predicted molar refractivity (Wildman–Crippen MR) is 81.6 cm³/mol. The maximum atomic E-state index is 12.3. The Labute approximate surface area is 137 Å². The molecule has 7 heteroatoms. The lowest BCUT2D eigenvalue weighted by molar-refractivity contribution is -0.143. The molecule has 0 unspecified atom stereocenters. The van der Waals surface area contributed by atoms with Gasteiger partial charge in [-0.25, -0.2) is 0 Å². The fourth-order valence-corrected chi connectivity index (χ4v) is 2.07. The second-order valence-corrected chi connectivity index (χ2v) is 5.66. The first kappa shape index (κ1) is 20.5. The third-order valence-electron chi connectivity index (χ3n) is 3.94. The molecule has 1 aliphatic heterocycles. The standard InChI is InChI=1S/C10H8F6.C7H13N/c1-2-6-3-7(9(11,12)13)5-8(4-6)10(14,15)16;1-3-6(2)7-4-8-5-7/h3-5H,2H2,1H3;3,7-8H,4-5H2,1-2H3/b;6-3-. The number of alkyl halides is 6. The van der Waals surface area contributed by atoms with Crippen molar-refractivity contribution in [3.8, 4) is 0 Å². The monoisotopic (exact) mass is 353 g/mol. The number of rotatable bonds is 2. The molecule has 1 N–H and O–H groups in total. The van der Waals surface area contributed by atoms with Crippen molar-refractivity contribution in [2.75, 3.05) is 13.1 Å². The van der Waals surface area contributed by atoms with E-state index in [0.717, 1.165) is 18.1 Å². The van der Waals surface area contributed by atoms with Gasteiger partial charge in [0.05, 0.1) is 11.1 Å². The summed E-state index contributed by atoms with van der Waals surface area (Å²) in [4.78, 5) is 0. The molecule has 1 aliphatic rings. The van der Waals surface area contributed by atoms with E-state index in [1.54, 1.807) is 0 Å². The van der Waals surface area contributed by atoms with Gasteiger partial charge in [0.2, 0.25) is 0 Å². The molecule has 0 aromatic heterocycles. The summed E-state index contributed by atoms with van der Waals surface area (Å²) < 4.78 is 73.8. The molecule has 2 rings (SSSR count). The minimum Gasteiger partial charge on any atom is -0.315 e. The smallest absolute Gasteiger partial charge is 0.315 e. The van der Waals surface area contributed by atoms with Gasteiger partial charge in [-0.2, -0.15) is 26.3 Å². The summed E-state index contributed by atoms with van der Waals surface area (Å²) in [5.41, 5.74) is -0.982. The molecule has 1 aromatic carbocycles. The minimum atomic E-state index is -4.76. The van der Waals surface area contributed by atoms with E-state index in [0.29, 0.717) is 0 Å². The Morgan fingerprint density at radius 2 is 1.50 bits per heavy atom. The van der Waals surface area contributed by atoms with Gasteiger partial charge in [-0.05, 0) is 44.0 Å². The van der Waals surface area contributed by atoms with E-state index in [1.807, 2.05) is 0 Å². The summed E-state index contributed by atoms with van der Waals surface area (Å²) in [5, 5.41) is 3.24. The number of allylic oxidation sites excluding steroid dienone is 1. The highest BCUT2D eigenvalue weighted by Crippen LogP contribution is 2.36. The van der Waals surface area contributed by atoms with E-state index in [2.05, 4.69) is 25.2 Å². The van der Waals surface area contributed by atoms with Crippen LogP contribution in [0.25, 0.3) is 0 Å². The first-order chi connectivity index (χ1) is 11.0. The second-order valence-electron chi connectivity index (χ2n) is 5.66. The second kappa shape index (κ2) is 8.05. The molecule has 24 heavy (non-hydrogen) atoms. The van der Waals surface area contributed by atoms with Gasteiger partial charge in [0, 0.05) is 19.0 Å². The van der Waals surface area contributed by atoms with Crippen molar-refractivity contribution < 1.29 is 26.3 Å². The number of benzene rings is 1. The normalized spacial score (nSPS) is 16.3. The summed E-state index contributed by atoms with van der Waals surface area (Å²) in [6.07, 6.45) is -7.20. The summed E-state index contributed by atoms with van der Waals surface area (Å²) in [6, 6.07) is 1.59. The number of hydrogen-bond acceptors (Lipinski definition) is 1. The third kappa shape index (κ3) is 5.85. The van der Waals surface area contributed by atoms with Crippen LogP contribution < -0.4 is 5.32 Å². The molecular weight excluding hydrogens is 332 g/mol. The van der Waals surface area contributed by atoms with Crippen LogP contribution in [0.2, 0.25) is 0 Å². The average Bonchev–Trinajstić information content (AvgIpc) is 2.43. The quantitative estimate of drug-likeness (QED) is 0.550. The van der Waals surface area contributed by atoms with Gasteiger partial charge in [0.15, 0.2) is 0 Å². The number of nitrogens with one attached hydrogen (secondary N) is 1. The van der Waals surface area contributed by atoms with Crippen molar-refractivity contribution in [1.29, 1.82) is 0 Å². The molecular formula is C17H21F6N. The van der Waals surface area contributed by atoms with Crippen LogP contribution in [0.1, 0.15) is 37.5 Å². The van der Waals surface area contributed by atoms with Crippen molar-refractivity contribution in [3.05, 3.63) is 46.5 Å². The minimum absolute atomic E-state index is 0.0159. The molecule has 0 atom stereocenters. The fraction of sp³-hybridized carbons (Fsp3) is 0.529. The Balaban J connectivity index is 0.000000300. The van der Waals surface area contributed by atoms with Crippen LogP contribution in [0.15, 0.2) is 29.8 Å². The van der Waals surface area contributed by atoms with E-state index in [4.69, 9.17) is 0 Å². The molecule has 0 aliphatic carbocycles. The first-order valence-electron chi connectivity index (χ1n) is 7.60. The van der Waals surface area contributed by atoms with Crippen LogP contribution in [0.4, 0.5) is 26.3 Å². The van der Waals surface area contributed by atoms with Gasteiger partial charge in [0.1, 0.15) is 0 Å². The van der Waals surface area contributed by atoms with Gasteiger partial charge < -0.3 is 5.32 Å². The van der Waals surface area contributed by atoms with E-state index in [9.17, 15) is 26.3 Å². The maximum Gasteiger partial charge on any atom is 0.416 e. The van der Waals surface area contributed by atoms with E-state index in [1.165, 1.54) is 25.6 Å². The molecule has 0 spiro atoms. The Bertz CT molecular complexity index is 535. The van der Waals surface area contributed by atoms with Crippen molar-refractivity contribution in [1.82, 2.24) is 5.32 Å². The highest BCUT2D eigenvalue weighted by Gasteiger charge is 2.36. The highest BCUT2D eigenvalue weighted by molar-refractivity contribution is 5.33. The van der Waals surface area contributed by atoms with Crippen LogP contribution in [-0.2, 0) is 18.8 Å². The van der Waals surface area contributed by atoms with Crippen LogP contribution in [0, 0.1) is 5.92 Å². The van der Waals surface area contributed by atoms with Crippen molar-refractivity contribution in [2.24, 2.45) is 5.92 Å². The lowest BCUT2D eigenvalue weighted by Crippen LogP contribution is -2.42. The summed E-state index contributed by atoms with van der Waals surface area (Å²) >= 11 is 0. The molecule has 0 saturated carbocycles. The van der Waals surface area contributed by atoms with E-state index in [-0.39, 0.29) is 18.1 Å². The van der Waals surface area contributed by atoms with Crippen molar-refractivity contribution in [3.63, 3.8) is 0 Å². The molecule has 1 heterocycles. The van der Waals surface area contributed by atoms with Crippen molar-refractivity contribution >= 4 is 0 Å². The lowest BCUT2D eigenvalue weighted by atomic mass is 9.95. The lowest BCUT2D eigenvalue weighted by Gasteiger charge is -2.27. The summed E-state index contributed by atoms with van der Waals surface area (Å²) in [7, 11) is 0. The average molecular weight is 353 g/mol. The van der Waals surface area contributed by atoms with Gasteiger partial charge in [-0.3, -0.25) is 0 Å². The maximum absolute atomic E-state index is 12.3. The van der Waals surface area contributed by atoms with Gasteiger partial charge >= 0.3 is 12.4 Å². The Morgan fingerprint density at radius 1 is 1.04 bits per heavy atom. The van der Waals surface area contributed by atoms with Crippen LogP contribution in [-0.4, -0.2) is 13.1 Å². The summed E-state index contributed by atoms with van der Waals surface area (Å²) in [5.74, 6) is 0.847. The zero-order chi connectivity index (χ0) is 18.5. The van der Waals surface area contributed by atoms with E-state index >= 15 is 0 Å². The number of hydrogen-bond donors (Lipinski definition) is 1. The largest absolute Gasteiger partial charge is 0.416 e. The van der Waals surface area contributed by atoms with E-state index < -0.39 is 23.5 Å². The first-order valence-corrected chi connectivity index (χ1v) is 7.60. The van der Waals surface area contributed by atoms with Crippen molar-refractivity contribution in [2.45, 2.75) is 39.5 Å². The molecule has 0 bridgehead atoms. The molecule has 1 fully saturated rings. The van der Waals surface area contributed by atoms with Gasteiger partial charge in [-0.15, -0.1) is 0 Å². The zero-order valence-electron chi connectivity index (χ0n) is 13.8. The highest BCUT2D eigenvalue weighted by atomic mass is 19.4. The molecule has 0 radical (unpaired) electrons. The van der Waals surface area contributed by atoms with Crippen LogP contribution >= 0.6 is 0 Å². The Kier molecular flexibility index (Phi) is 6.89. The Hall–Kier alpha value is -1.50. The molecule has 0 amide bonds.